The summed E-state index contributed by atoms with van der Waals surface area (Å²) < 4.78 is 0. The summed E-state index contributed by atoms with van der Waals surface area (Å²) in [5, 5.41) is 4.82. The van der Waals surface area contributed by atoms with E-state index in [1.807, 2.05) is 41.5 Å². The van der Waals surface area contributed by atoms with Gasteiger partial charge >= 0.3 is 0 Å². The van der Waals surface area contributed by atoms with Crippen LogP contribution in [0.3, 0.4) is 0 Å². The molecule has 2 aromatic rings. The Bertz CT molecular complexity index is 693. The van der Waals surface area contributed by atoms with Crippen LogP contribution in [-0.2, 0) is 39.1 Å². The molecule has 2 heterocycles. The number of benzene rings is 2. The quantitative estimate of drug-likeness (QED) is 0.427. The zero-order valence-corrected chi connectivity index (χ0v) is 23.4. The van der Waals surface area contributed by atoms with E-state index in [2.05, 4.69) is 54.3 Å². The number of aryl methyl sites for hydroxylation is 1. The fourth-order valence-corrected chi connectivity index (χ4v) is 3.94. The van der Waals surface area contributed by atoms with Gasteiger partial charge in [0.25, 0.3) is 0 Å². The molecule has 0 aliphatic carbocycles. The number of anilines is 2. The van der Waals surface area contributed by atoms with E-state index in [-0.39, 0.29) is 32.7 Å². The monoisotopic (exact) mass is 484 g/mol. The maximum Gasteiger partial charge on any atom is 0.0449 e. The summed E-state index contributed by atoms with van der Waals surface area (Å²) in [6, 6.07) is 16.3. The Morgan fingerprint density at radius 1 is 0.867 bits per heavy atom. The Kier molecular flexibility index (Phi) is 16.5. The van der Waals surface area contributed by atoms with Gasteiger partial charge in [-0.2, -0.15) is 0 Å². The normalized spacial score (nSPS) is 16.0. The van der Waals surface area contributed by atoms with Crippen molar-refractivity contribution in [2.24, 2.45) is 0 Å². The minimum absolute atomic E-state index is 0. The second-order valence-corrected chi connectivity index (χ2v) is 6.93. The van der Waals surface area contributed by atoms with Gasteiger partial charge in [0.05, 0.1) is 0 Å². The Labute approximate surface area is 212 Å². The fraction of sp³-hybridized carbons (Fsp3) is 0.556. The Morgan fingerprint density at radius 2 is 1.53 bits per heavy atom. The van der Waals surface area contributed by atoms with Crippen LogP contribution < -0.4 is 4.90 Å². The summed E-state index contributed by atoms with van der Waals surface area (Å²) >= 11 is 0. The minimum Gasteiger partial charge on any atom is -0.659 e. The van der Waals surface area contributed by atoms with Crippen molar-refractivity contribution in [3.05, 3.63) is 64.5 Å². The van der Waals surface area contributed by atoms with Crippen molar-refractivity contribution in [3.8, 4) is 0 Å². The van der Waals surface area contributed by atoms with Crippen molar-refractivity contribution in [1.29, 1.82) is 0 Å². The second-order valence-electron chi connectivity index (χ2n) is 6.93. The molecule has 4 rings (SSSR count). The van der Waals surface area contributed by atoms with Crippen LogP contribution in [0.2, 0.25) is 0 Å². The van der Waals surface area contributed by atoms with Gasteiger partial charge in [0, 0.05) is 57.0 Å². The van der Waals surface area contributed by atoms with Crippen LogP contribution in [0.25, 0.3) is 5.32 Å². The number of hydrogen-bond acceptors (Lipinski definition) is 1. The predicted molar refractivity (Wildman–Crippen MR) is 132 cm³/mol. The van der Waals surface area contributed by atoms with E-state index in [1.54, 1.807) is 0 Å². The Balaban J connectivity index is 0.00000111. The first-order valence-corrected chi connectivity index (χ1v) is 11.9. The molecule has 1 radical (unpaired) electrons. The third kappa shape index (κ3) is 8.10. The molecular weight excluding hydrogens is 441 g/mol. The molecule has 3 heteroatoms. The van der Waals surface area contributed by atoms with Crippen molar-refractivity contribution in [2.75, 3.05) is 18.0 Å². The molecule has 0 bridgehead atoms. The van der Waals surface area contributed by atoms with E-state index in [1.165, 1.54) is 53.7 Å². The number of hydrogen-bond donors (Lipinski definition) is 0. The summed E-state index contributed by atoms with van der Waals surface area (Å²) in [6.07, 6.45) is 6.12. The fourth-order valence-electron chi connectivity index (χ4n) is 3.94. The molecule has 2 aromatic carbocycles. The first-order chi connectivity index (χ1) is 14.3. The maximum atomic E-state index is 4.82. The second kappa shape index (κ2) is 16.9. The van der Waals surface area contributed by atoms with Gasteiger partial charge in [-0.05, 0) is 35.7 Å². The van der Waals surface area contributed by atoms with Crippen LogP contribution in [0.5, 0.6) is 0 Å². The van der Waals surface area contributed by atoms with Crippen molar-refractivity contribution in [1.82, 2.24) is 0 Å². The molecule has 0 unspecified atom stereocenters. The van der Waals surface area contributed by atoms with Crippen molar-refractivity contribution in [2.45, 2.75) is 86.6 Å². The molecule has 2 aliphatic rings. The summed E-state index contributed by atoms with van der Waals surface area (Å²) in [6.45, 7) is 16.3. The third-order valence-corrected chi connectivity index (χ3v) is 5.21. The minimum atomic E-state index is 0. The molecule has 0 amide bonds. The van der Waals surface area contributed by atoms with Gasteiger partial charge < -0.3 is 10.2 Å². The third-order valence-electron chi connectivity index (χ3n) is 5.21. The van der Waals surface area contributed by atoms with Gasteiger partial charge in [0.2, 0.25) is 0 Å². The van der Waals surface area contributed by atoms with E-state index in [0.717, 1.165) is 19.5 Å². The number of nitrogens with zero attached hydrogens (tertiary/aromatic N) is 2. The molecule has 1 fully saturated rings. The Hall–Kier alpha value is -0.696. The van der Waals surface area contributed by atoms with Gasteiger partial charge in [0.1, 0.15) is 0 Å². The Morgan fingerprint density at radius 3 is 2.20 bits per heavy atom. The molecule has 0 N–H and O–H groups in total. The molecule has 2 nitrogen and oxygen atoms in total. The zero-order chi connectivity index (χ0) is 21.6. The zero-order valence-electron chi connectivity index (χ0n) is 20.5. The van der Waals surface area contributed by atoms with Crippen LogP contribution in [0.1, 0.15) is 83.9 Å². The van der Waals surface area contributed by atoms with Gasteiger partial charge in [-0.25, -0.2) is 0 Å². The van der Waals surface area contributed by atoms with Crippen molar-refractivity contribution in [3.63, 3.8) is 0 Å². The SMILES string of the molecule is CC.CC.CC.Cc1ccc2c(c1)N(CC[C@@H]1CCCC[N-]1)c1ccccc1C2.[Y]. The van der Waals surface area contributed by atoms with E-state index in [4.69, 9.17) is 5.32 Å². The smallest absolute Gasteiger partial charge is 0.0449 e. The largest absolute Gasteiger partial charge is 0.659 e. The van der Waals surface area contributed by atoms with Gasteiger partial charge in [-0.3, -0.25) is 0 Å². The van der Waals surface area contributed by atoms with E-state index in [9.17, 15) is 0 Å². The number of para-hydroxylation sites is 1. The molecule has 165 valence electrons. The standard InChI is InChI=1S/C21H25N2.3C2H6.Y/c1-16-9-10-18-15-17-6-2-3-8-20(17)23(21(18)14-16)13-11-19-7-4-5-12-22-19;3*1-2;/h2-3,6,8-10,14,19H,4-5,7,11-13,15H2,1H3;3*1-2H3;/q-1;;;;/t19-;;;;/m0..../s1. The van der Waals surface area contributed by atoms with E-state index in [0.29, 0.717) is 6.04 Å². The van der Waals surface area contributed by atoms with Crippen LogP contribution >= 0.6 is 0 Å². The summed E-state index contributed by atoms with van der Waals surface area (Å²) in [4.78, 5) is 2.53. The molecule has 0 saturated carbocycles. The molecule has 2 aliphatic heterocycles. The predicted octanol–water partition coefficient (Wildman–Crippen LogP) is 8.43. The van der Waals surface area contributed by atoms with Crippen molar-refractivity contribution < 1.29 is 32.7 Å². The van der Waals surface area contributed by atoms with Crippen LogP contribution in [0.15, 0.2) is 42.5 Å². The van der Waals surface area contributed by atoms with E-state index >= 15 is 0 Å². The van der Waals surface area contributed by atoms with Gasteiger partial charge in [-0.15, -0.1) is 12.6 Å². The summed E-state index contributed by atoms with van der Waals surface area (Å²) in [5.41, 5.74) is 7.04. The van der Waals surface area contributed by atoms with E-state index < -0.39 is 0 Å². The first kappa shape index (κ1) is 29.3. The van der Waals surface area contributed by atoms with Gasteiger partial charge in [0.15, 0.2) is 0 Å². The van der Waals surface area contributed by atoms with Crippen LogP contribution in [-0.4, -0.2) is 19.1 Å². The van der Waals surface area contributed by atoms with Crippen LogP contribution in [0.4, 0.5) is 11.4 Å². The summed E-state index contributed by atoms with van der Waals surface area (Å²) in [5.74, 6) is 0. The average Bonchev–Trinajstić information content (AvgIpc) is 2.81. The molecule has 1 atom stereocenters. The topological polar surface area (TPSA) is 17.3 Å². The molecule has 30 heavy (non-hydrogen) atoms. The van der Waals surface area contributed by atoms with Crippen LogP contribution in [0, 0.1) is 6.92 Å². The van der Waals surface area contributed by atoms with Gasteiger partial charge in [-0.1, -0.05) is 97.6 Å². The molecule has 1 saturated heterocycles. The molecule has 0 spiro atoms. The molecule has 0 aromatic heterocycles. The maximum absolute atomic E-state index is 4.82. The molecular formula is C27H43N2Y-. The number of rotatable bonds is 3. The summed E-state index contributed by atoms with van der Waals surface area (Å²) in [7, 11) is 0. The number of piperidine rings is 1. The van der Waals surface area contributed by atoms with Crippen molar-refractivity contribution >= 4 is 11.4 Å². The first-order valence-electron chi connectivity index (χ1n) is 11.9. The number of fused-ring (bicyclic) bond motifs is 2. The average molecular weight is 485 g/mol.